The van der Waals surface area contributed by atoms with Crippen LogP contribution in [-0.4, -0.2) is 4.57 Å². The summed E-state index contributed by atoms with van der Waals surface area (Å²) in [4.78, 5) is 2.42. The van der Waals surface area contributed by atoms with Gasteiger partial charge >= 0.3 is 0 Å². The van der Waals surface area contributed by atoms with E-state index in [2.05, 4.69) is 266 Å². The second-order valence-electron chi connectivity index (χ2n) is 18.6. The third-order valence-corrected chi connectivity index (χ3v) is 14.4. The van der Waals surface area contributed by atoms with Crippen molar-refractivity contribution in [3.05, 3.63) is 254 Å². The third kappa shape index (κ3) is 6.40. The Morgan fingerprint density at radius 2 is 0.851 bits per heavy atom. The minimum Gasteiger partial charge on any atom is -0.310 e. The SMILES string of the molecule is CC1(C)c2ccccc2-c2ccc(N(c3ccc(-c4ccc(-c5ccc6c(c5)c5ccccc5n6-c5cccc6ccccc56)cc4)cc3)c3ccc4cc(-c5ccccc5)ccc4c3)cc21. The maximum absolute atomic E-state index is 2.43. The molecule has 13 rings (SSSR count). The van der Waals surface area contributed by atoms with Gasteiger partial charge < -0.3 is 9.47 Å². The van der Waals surface area contributed by atoms with Gasteiger partial charge in [-0.2, -0.15) is 0 Å². The number of fused-ring (bicyclic) bond motifs is 8. The second-order valence-corrected chi connectivity index (χ2v) is 18.6. The number of hydrogen-bond donors (Lipinski definition) is 0. The molecule has 12 aromatic rings. The van der Waals surface area contributed by atoms with E-state index < -0.39 is 0 Å². The lowest BCUT2D eigenvalue weighted by Crippen LogP contribution is -2.16. The first-order valence-electron chi connectivity index (χ1n) is 23.3. The lowest BCUT2D eigenvalue weighted by atomic mass is 9.82. The van der Waals surface area contributed by atoms with Gasteiger partial charge in [0, 0.05) is 38.6 Å². The van der Waals surface area contributed by atoms with Crippen LogP contribution in [0.1, 0.15) is 25.0 Å². The second kappa shape index (κ2) is 15.3. The van der Waals surface area contributed by atoms with E-state index in [1.54, 1.807) is 0 Å². The van der Waals surface area contributed by atoms with Crippen molar-refractivity contribution in [2.75, 3.05) is 4.90 Å². The average Bonchev–Trinajstić information content (AvgIpc) is 3.84. The minimum atomic E-state index is -0.108. The van der Waals surface area contributed by atoms with Gasteiger partial charge in [-0.25, -0.2) is 0 Å². The Kier molecular flexibility index (Phi) is 8.91. The van der Waals surface area contributed by atoms with Gasteiger partial charge in [-0.1, -0.05) is 190 Å². The zero-order valence-electron chi connectivity index (χ0n) is 37.5. The average molecular weight is 855 g/mol. The monoisotopic (exact) mass is 854 g/mol. The zero-order valence-corrected chi connectivity index (χ0v) is 37.5. The van der Waals surface area contributed by atoms with Crippen molar-refractivity contribution in [1.82, 2.24) is 4.57 Å². The summed E-state index contributed by atoms with van der Waals surface area (Å²) in [6.07, 6.45) is 0. The molecule has 0 atom stereocenters. The van der Waals surface area contributed by atoms with E-state index in [4.69, 9.17) is 0 Å². The molecule has 0 fully saturated rings. The molecule has 316 valence electrons. The number of rotatable bonds is 7. The lowest BCUT2D eigenvalue weighted by molar-refractivity contribution is 0.660. The molecule has 67 heavy (non-hydrogen) atoms. The van der Waals surface area contributed by atoms with Crippen LogP contribution in [0.2, 0.25) is 0 Å². The molecule has 0 spiro atoms. The Labute approximate surface area is 391 Å². The van der Waals surface area contributed by atoms with Crippen molar-refractivity contribution in [2.45, 2.75) is 19.3 Å². The number of anilines is 3. The van der Waals surface area contributed by atoms with Crippen LogP contribution in [0, 0.1) is 0 Å². The van der Waals surface area contributed by atoms with Crippen LogP contribution in [-0.2, 0) is 5.41 Å². The minimum absolute atomic E-state index is 0.108. The van der Waals surface area contributed by atoms with Crippen molar-refractivity contribution < 1.29 is 0 Å². The Balaban J connectivity index is 0.852. The molecule has 1 aromatic heterocycles. The van der Waals surface area contributed by atoms with Crippen LogP contribution < -0.4 is 4.90 Å². The van der Waals surface area contributed by atoms with Crippen molar-refractivity contribution in [2.24, 2.45) is 0 Å². The van der Waals surface area contributed by atoms with Gasteiger partial charge in [0.05, 0.1) is 16.7 Å². The van der Waals surface area contributed by atoms with E-state index in [-0.39, 0.29) is 5.41 Å². The fraction of sp³-hybridized carbons (Fsp3) is 0.0462. The molecule has 0 aliphatic heterocycles. The largest absolute Gasteiger partial charge is 0.310 e. The van der Waals surface area contributed by atoms with Crippen molar-refractivity contribution in [3.8, 4) is 50.2 Å². The molecule has 0 radical (unpaired) electrons. The highest BCUT2D eigenvalue weighted by Crippen LogP contribution is 2.51. The highest BCUT2D eigenvalue weighted by atomic mass is 15.1. The summed E-state index contributed by atoms with van der Waals surface area (Å²) in [7, 11) is 0. The van der Waals surface area contributed by atoms with Gasteiger partial charge in [0.25, 0.3) is 0 Å². The molecule has 1 heterocycles. The van der Waals surface area contributed by atoms with Crippen molar-refractivity contribution >= 4 is 60.4 Å². The molecule has 1 aliphatic carbocycles. The molecule has 2 nitrogen and oxygen atoms in total. The number of benzene rings is 11. The Morgan fingerprint density at radius 3 is 1.69 bits per heavy atom. The van der Waals surface area contributed by atoms with Gasteiger partial charge in [-0.15, -0.1) is 0 Å². The smallest absolute Gasteiger partial charge is 0.0541 e. The van der Waals surface area contributed by atoms with Gasteiger partial charge in [0.2, 0.25) is 0 Å². The fourth-order valence-electron chi connectivity index (χ4n) is 10.9. The quantitative estimate of drug-likeness (QED) is 0.155. The van der Waals surface area contributed by atoms with Gasteiger partial charge in [-0.3, -0.25) is 0 Å². The summed E-state index contributed by atoms with van der Waals surface area (Å²) in [5, 5.41) is 7.44. The number of aromatic nitrogens is 1. The molecule has 0 saturated heterocycles. The van der Waals surface area contributed by atoms with E-state index in [1.807, 2.05) is 0 Å². The van der Waals surface area contributed by atoms with Gasteiger partial charge in [0.15, 0.2) is 0 Å². The molecule has 0 saturated carbocycles. The summed E-state index contributed by atoms with van der Waals surface area (Å²) in [6.45, 7) is 4.72. The van der Waals surface area contributed by atoms with E-state index in [9.17, 15) is 0 Å². The molecule has 1 aliphatic rings. The first kappa shape index (κ1) is 39.0. The van der Waals surface area contributed by atoms with E-state index in [0.717, 1.165) is 17.1 Å². The summed E-state index contributed by atoms with van der Waals surface area (Å²) < 4.78 is 2.43. The Morgan fingerprint density at radius 1 is 0.313 bits per heavy atom. The molecule has 0 N–H and O–H groups in total. The van der Waals surface area contributed by atoms with Crippen molar-refractivity contribution in [3.63, 3.8) is 0 Å². The van der Waals surface area contributed by atoms with E-state index in [1.165, 1.54) is 105 Å². The normalized spacial score (nSPS) is 12.7. The maximum Gasteiger partial charge on any atom is 0.0541 e. The Bertz CT molecular complexity index is 3870. The fourth-order valence-corrected chi connectivity index (χ4v) is 10.9. The molecule has 0 unspecified atom stereocenters. The van der Waals surface area contributed by atoms with Crippen LogP contribution in [0.4, 0.5) is 17.1 Å². The van der Waals surface area contributed by atoms with Gasteiger partial charge in [0.1, 0.15) is 0 Å². The Hall–Kier alpha value is -8.46. The summed E-state index contributed by atoms with van der Waals surface area (Å²) >= 11 is 0. The van der Waals surface area contributed by atoms with E-state index >= 15 is 0 Å². The molecule has 11 aromatic carbocycles. The first-order valence-corrected chi connectivity index (χ1v) is 23.3. The van der Waals surface area contributed by atoms with Gasteiger partial charge in [-0.05, 0) is 139 Å². The first-order chi connectivity index (χ1) is 33.0. The molecule has 2 heteroatoms. The van der Waals surface area contributed by atoms with Crippen LogP contribution in [0.15, 0.2) is 243 Å². The molecule has 0 amide bonds. The standard InChI is InChI=1S/C65H46N2/c1-65(2)60-20-10-8-18-56(60)57-37-36-54(42-61(57)65)66(53-35-31-49-39-48(27-28-50(49)40-53)43-13-4-3-5-14-43)52-33-29-45(30-34-52)44-23-25-46(26-24-44)51-32-38-64-59(41-51)58-19-9-11-21-63(58)67(64)62-22-12-16-47-15-6-7-17-55(47)62/h3-42H,1-2H3. The topological polar surface area (TPSA) is 8.17 Å². The van der Waals surface area contributed by atoms with Crippen LogP contribution in [0.25, 0.3) is 93.5 Å². The lowest BCUT2D eigenvalue weighted by Gasteiger charge is -2.28. The predicted octanol–water partition coefficient (Wildman–Crippen LogP) is 17.9. The van der Waals surface area contributed by atoms with Crippen LogP contribution >= 0.6 is 0 Å². The third-order valence-electron chi connectivity index (χ3n) is 14.4. The predicted molar refractivity (Wildman–Crippen MR) is 284 cm³/mol. The molecular weight excluding hydrogens is 809 g/mol. The number of para-hydroxylation sites is 1. The molecule has 0 bridgehead atoms. The highest BCUT2D eigenvalue weighted by molar-refractivity contribution is 6.11. The summed E-state index contributed by atoms with van der Waals surface area (Å²) in [5.74, 6) is 0. The number of nitrogens with zero attached hydrogens (tertiary/aromatic N) is 2. The summed E-state index contributed by atoms with van der Waals surface area (Å²) in [6, 6.07) is 89.4. The zero-order chi connectivity index (χ0) is 44.6. The highest BCUT2D eigenvalue weighted by Gasteiger charge is 2.35. The van der Waals surface area contributed by atoms with E-state index in [0.29, 0.717) is 0 Å². The summed E-state index contributed by atoms with van der Waals surface area (Å²) in [5.41, 5.74) is 19.5. The van der Waals surface area contributed by atoms with Crippen LogP contribution in [0.5, 0.6) is 0 Å². The van der Waals surface area contributed by atoms with Crippen molar-refractivity contribution in [1.29, 1.82) is 0 Å². The van der Waals surface area contributed by atoms with Crippen LogP contribution in [0.3, 0.4) is 0 Å². The maximum atomic E-state index is 2.43. The number of hydrogen-bond acceptors (Lipinski definition) is 1. The molecular formula is C65H46N2.